The van der Waals surface area contributed by atoms with Crippen molar-refractivity contribution in [2.45, 2.75) is 32.3 Å². The zero-order valence-corrected chi connectivity index (χ0v) is 12.8. The number of nitriles is 1. The topological polar surface area (TPSA) is 97.4 Å². The maximum Gasteiger partial charge on any atom is 0.350 e. The van der Waals surface area contributed by atoms with E-state index in [9.17, 15) is 10.1 Å². The van der Waals surface area contributed by atoms with E-state index in [0.717, 1.165) is 37.2 Å². The van der Waals surface area contributed by atoms with E-state index in [1.54, 1.807) is 6.92 Å². The molecule has 3 N–H and O–H groups in total. The molecule has 1 aromatic heterocycles. The van der Waals surface area contributed by atoms with Crippen molar-refractivity contribution in [3.63, 3.8) is 0 Å². The van der Waals surface area contributed by atoms with E-state index in [1.807, 2.05) is 6.07 Å². The summed E-state index contributed by atoms with van der Waals surface area (Å²) in [5.74, 6) is -0.488. The fourth-order valence-corrected chi connectivity index (χ4v) is 3.17. The molecule has 0 spiro atoms. The smallest absolute Gasteiger partial charge is 0.350 e. The molecule has 0 saturated carbocycles. The molecule has 21 heavy (non-hydrogen) atoms. The van der Waals surface area contributed by atoms with Gasteiger partial charge in [-0.3, -0.25) is 0 Å². The van der Waals surface area contributed by atoms with Crippen LogP contribution in [0, 0.1) is 11.3 Å². The number of hydrogen-bond acceptors (Lipinski definition) is 7. The predicted molar refractivity (Wildman–Crippen MR) is 81.5 cm³/mol. The van der Waals surface area contributed by atoms with Crippen LogP contribution in [0.15, 0.2) is 0 Å². The normalized spacial score (nSPS) is 18.0. The van der Waals surface area contributed by atoms with Gasteiger partial charge in [0, 0.05) is 13.2 Å². The number of nitrogens with two attached hydrogens (primary N) is 1. The summed E-state index contributed by atoms with van der Waals surface area (Å²) < 4.78 is 10.6. The zero-order valence-electron chi connectivity index (χ0n) is 12.0. The second-order valence-electron chi connectivity index (χ2n) is 4.75. The Morgan fingerprint density at radius 1 is 1.62 bits per heavy atom. The number of anilines is 2. The van der Waals surface area contributed by atoms with Crippen molar-refractivity contribution < 1.29 is 14.3 Å². The van der Waals surface area contributed by atoms with Crippen LogP contribution in [0.1, 0.15) is 41.4 Å². The van der Waals surface area contributed by atoms with E-state index in [4.69, 9.17) is 15.2 Å². The van der Waals surface area contributed by atoms with Crippen molar-refractivity contribution in [1.29, 1.82) is 5.26 Å². The van der Waals surface area contributed by atoms with Crippen LogP contribution in [0.3, 0.4) is 0 Å². The van der Waals surface area contributed by atoms with Gasteiger partial charge in [-0.2, -0.15) is 5.26 Å². The van der Waals surface area contributed by atoms with Gasteiger partial charge < -0.3 is 20.5 Å². The molecule has 1 aliphatic rings. The second-order valence-corrected chi connectivity index (χ2v) is 5.77. The first-order valence-corrected chi connectivity index (χ1v) is 7.84. The molecule has 7 heteroatoms. The second kappa shape index (κ2) is 7.29. The summed E-state index contributed by atoms with van der Waals surface area (Å²) in [4.78, 5) is 12.1. The lowest BCUT2D eigenvalue weighted by atomic mass is 10.1. The minimum Gasteiger partial charge on any atom is -0.462 e. The van der Waals surface area contributed by atoms with E-state index in [2.05, 4.69) is 5.32 Å². The van der Waals surface area contributed by atoms with Crippen molar-refractivity contribution in [1.82, 2.24) is 0 Å². The van der Waals surface area contributed by atoms with Crippen LogP contribution >= 0.6 is 11.3 Å². The van der Waals surface area contributed by atoms with Crippen LogP contribution in [-0.2, 0) is 9.47 Å². The Balaban J connectivity index is 2.09. The molecular formula is C14H19N3O3S. The van der Waals surface area contributed by atoms with Gasteiger partial charge in [-0.25, -0.2) is 4.79 Å². The Hall–Kier alpha value is -1.78. The number of carbonyl (C=O) groups is 1. The first-order valence-electron chi connectivity index (χ1n) is 7.02. The van der Waals surface area contributed by atoms with Gasteiger partial charge in [0.2, 0.25) is 0 Å². The minimum absolute atomic E-state index is 0.139. The number of thiophene rings is 1. The van der Waals surface area contributed by atoms with Crippen LogP contribution in [0.5, 0.6) is 0 Å². The third-order valence-electron chi connectivity index (χ3n) is 3.28. The Morgan fingerprint density at radius 2 is 2.43 bits per heavy atom. The molecule has 1 aliphatic heterocycles. The number of esters is 1. The van der Waals surface area contributed by atoms with Gasteiger partial charge in [0.05, 0.1) is 18.4 Å². The fraction of sp³-hybridized carbons (Fsp3) is 0.571. The standard InChI is InChI=1S/C14H19N3O3S/c1-2-19-14(18)12-11(16)10(7-15)13(21-12)17-8-9-5-3-4-6-20-9/h9,17H,2-6,8,16H2,1H3. The molecule has 0 radical (unpaired) electrons. The number of ether oxygens (including phenoxy) is 2. The molecule has 6 nitrogen and oxygen atoms in total. The van der Waals surface area contributed by atoms with E-state index < -0.39 is 5.97 Å². The van der Waals surface area contributed by atoms with Crippen LogP contribution in [0.4, 0.5) is 10.7 Å². The number of rotatable bonds is 5. The molecule has 1 fully saturated rings. The number of carbonyl (C=O) groups excluding carboxylic acids is 1. The molecule has 2 heterocycles. The minimum atomic E-state index is -0.488. The van der Waals surface area contributed by atoms with Gasteiger partial charge in [-0.1, -0.05) is 0 Å². The van der Waals surface area contributed by atoms with Crippen molar-refractivity contribution in [2.75, 3.05) is 30.8 Å². The first-order chi connectivity index (χ1) is 10.2. The summed E-state index contributed by atoms with van der Waals surface area (Å²) in [6.07, 6.45) is 3.39. The third-order valence-corrected chi connectivity index (χ3v) is 4.43. The highest BCUT2D eigenvalue weighted by Gasteiger charge is 2.23. The lowest BCUT2D eigenvalue weighted by Crippen LogP contribution is -2.26. The Bertz CT molecular complexity index is 544. The molecule has 0 aliphatic carbocycles. The average molecular weight is 309 g/mol. The van der Waals surface area contributed by atoms with Gasteiger partial charge >= 0.3 is 5.97 Å². The van der Waals surface area contributed by atoms with E-state index in [-0.39, 0.29) is 23.3 Å². The number of nitrogens with zero attached hydrogens (tertiary/aromatic N) is 1. The molecule has 2 rings (SSSR count). The molecular weight excluding hydrogens is 290 g/mol. The van der Waals surface area contributed by atoms with Gasteiger partial charge in [0.15, 0.2) is 0 Å². The lowest BCUT2D eigenvalue weighted by Gasteiger charge is -2.22. The molecule has 1 saturated heterocycles. The van der Waals surface area contributed by atoms with E-state index in [1.165, 1.54) is 0 Å². The van der Waals surface area contributed by atoms with Crippen LogP contribution in [-0.4, -0.2) is 31.8 Å². The number of nitrogens with one attached hydrogen (secondary N) is 1. The molecule has 1 aromatic rings. The fourth-order valence-electron chi connectivity index (χ4n) is 2.20. The van der Waals surface area contributed by atoms with Crippen LogP contribution in [0.2, 0.25) is 0 Å². The maximum atomic E-state index is 11.8. The predicted octanol–water partition coefficient (Wildman–Crippen LogP) is 2.36. The molecule has 0 amide bonds. The van der Waals surface area contributed by atoms with Crippen molar-refractivity contribution >= 4 is 28.0 Å². The summed E-state index contributed by atoms with van der Waals surface area (Å²) in [6, 6.07) is 2.04. The highest BCUT2D eigenvalue weighted by molar-refractivity contribution is 7.18. The Morgan fingerprint density at radius 3 is 3.05 bits per heavy atom. The van der Waals surface area contributed by atoms with Gasteiger partial charge in [-0.05, 0) is 26.2 Å². The quantitative estimate of drug-likeness (QED) is 0.810. The summed E-state index contributed by atoms with van der Waals surface area (Å²) in [7, 11) is 0. The van der Waals surface area contributed by atoms with E-state index >= 15 is 0 Å². The van der Waals surface area contributed by atoms with Crippen molar-refractivity contribution in [3.05, 3.63) is 10.4 Å². The van der Waals surface area contributed by atoms with Crippen molar-refractivity contribution in [2.24, 2.45) is 0 Å². The molecule has 0 bridgehead atoms. The SMILES string of the molecule is CCOC(=O)c1sc(NCC2CCCCO2)c(C#N)c1N. The van der Waals surface area contributed by atoms with Crippen molar-refractivity contribution in [3.8, 4) is 6.07 Å². The van der Waals surface area contributed by atoms with Gasteiger partial charge in [-0.15, -0.1) is 11.3 Å². The Labute approximate surface area is 127 Å². The largest absolute Gasteiger partial charge is 0.462 e. The highest BCUT2D eigenvalue weighted by atomic mass is 32.1. The van der Waals surface area contributed by atoms with Crippen LogP contribution in [0.25, 0.3) is 0 Å². The Kier molecular flexibility index (Phi) is 5.42. The first kappa shape index (κ1) is 15.6. The number of nitrogen functional groups attached to an aromatic ring is 1. The summed E-state index contributed by atoms with van der Waals surface area (Å²) in [5, 5.41) is 13.0. The molecule has 1 atom stereocenters. The summed E-state index contributed by atoms with van der Waals surface area (Å²) in [6.45, 7) is 3.39. The van der Waals surface area contributed by atoms with E-state index in [0.29, 0.717) is 17.1 Å². The molecule has 1 unspecified atom stereocenters. The third kappa shape index (κ3) is 3.65. The van der Waals surface area contributed by atoms with Gasteiger partial charge in [0.25, 0.3) is 0 Å². The molecule has 114 valence electrons. The summed E-state index contributed by atoms with van der Waals surface area (Å²) >= 11 is 1.16. The zero-order chi connectivity index (χ0) is 15.2. The average Bonchev–Trinajstić information content (AvgIpc) is 2.82. The maximum absolute atomic E-state index is 11.8. The summed E-state index contributed by atoms with van der Waals surface area (Å²) in [5.41, 5.74) is 6.36. The van der Waals surface area contributed by atoms with Crippen LogP contribution < -0.4 is 11.1 Å². The van der Waals surface area contributed by atoms with Gasteiger partial charge in [0.1, 0.15) is 21.5 Å². The molecule has 0 aromatic carbocycles. The number of hydrogen-bond donors (Lipinski definition) is 2. The monoisotopic (exact) mass is 309 g/mol. The highest BCUT2D eigenvalue weighted by Crippen LogP contribution is 2.35. The lowest BCUT2D eigenvalue weighted by molar-refractivity contribution is 0.0248.